The van der Waals surface area contributed by atoms with E-state index >= 15 is 0 Å². The number of rotatable bonds is 4. The Labute approximate surface area is 149 Å². The number of benzene rings is 2. The normalized spacial score (nSPS) is 10.4. The number of aromatic nitrogens is 2. The van der Waals surface area contributed by atoms with E-state index in [1.807, 2.05) is 13.0 Å². The molecule has 0 aliphatic heterocycles. The fourth-order valence-electron chi connectivity index (χ4n) is 2.42. The van der Waals surface area contributed by atoms with Crippen LogP contribution in [0.5, 0.6) is 11.5 Å². The first kappa shape index (κ1) is 17.2. The van der Waals surface area contributed by atoms with E-state index in [2.05, 4.69) is 10.4 Å². The molecule has 0 fully saturated rings. The highest BCUT2D eigenvalue weighted by Gasteiger charge is 2.17. The van der Waals surface area contributed by atoms with Crippen LogP contribution in [-0.4, -0.2) is 27.9 Å². The molecule has 1 amide bonds. The number of amides is 1. The van der Waals surface area contributed by atoms with Gasteiger partial charge >= 0.3 is 0 Å². The van der Waals surface area contributed by atoms with E-state index in [0.717, 1.165) is 16.3 Å². The summed E-state index contributed by atoms with van der Waals surface area (Å²) in [6.45, 7) is 1.88. The largest absolute Gasteiger partial charge is 0.505 e. The number of carbonyl (C=O) groups excluding carboxylic acids is 1. The number of anilines is 1. The number of hydrogen-bond donors (Lipinski definition) is 2. The minimum Gasteiger partial charge on any atom is -0.505 e. The molecule has 0 saturated heterocycles. The van der Waals surface area contributed by atoms with Crippen LogP contribution in [-0.2, 0) is 0 Å². The van der Waals surface area contributed by atoms with Gasteiger partial charge in [0.25, 0.3) is 11.5 Å². The van der Waals surface area contributed by atoms with Crippen molar-refractivity contribution in [3.63, 3.8) is 0 Å². The maximum atomic E-state index is 12.5. The Balaban J connectivity index is 1.95. The molecule has 0 aliphatic rings. The number of nitrogens with one attached hydrogen (secondary N) is 1. The molecule has 3 aromatic rings. The molecule has 2 N–H and O–H groups in total. The van der Waals surface area contributed by atoms with Gasteiger partial charge in [-0.2, -0.15) is 9.78 Å². The zero-order chi connectivity index (χ0) is 18.7. The predicted molar refractivity (Wildman–Crippen MR) is 97.2 cm³/mol. The van der Waals surface area contributed by atoms with E-state index in [4.69, 9.17) is 4.74 Å². The van der Waals surface area contributed by atoms with E-state index in [-0.39, 0.29) is 5.69 Å². The molecule has 26 heavy (non-hydrogen) atoms. The number of methoxy groups -OCH3 is 1. The van der Waals surface area contributed by atoms with Crippen molar-refractivity contribution >= 4 is 11.6 Å². The van der Waals surface area contributed by atoms with Gasteiger partial charge in [0, 0.05) is 11.8 Å². The smallest absolute Gasteiger partial charge is 0.279 e. The van der Waals surface area contributed by atoms with Crippen LogP contribution >= 0.6 is 0 Å². The van der Waals surface area contributed by atoms with Gasteiger partial charge in [0.2, 0.25) is 0 Å². The zero-order valence-electron chi connectivity index (χ0n) is 14.3. The quantitative estimate of drug-likeness (QED) is 0.753. The van der Waals surface area contributed by atoms with Gasteiger partial charge in [0.15, 0.2) is 11.4 Å². The minimum absolute atomic E-state index is 0.248. The van der Waals surface area contributed by atoms with Crippen LogP contribution in [0.3, 0.4) is 0 Å². The standard InChI is InChI=1S/C19H17N3O4/c1-12-4-3-5-14(10-12)22-17(24)11-16(23)18(21-22)19(25)20-13-6-8-15(26-2)9-7-13/h3-11,23H,1-2H3,(H,20,25). The van der Waals surface area contributed by atoms with Crippen molar-refractivity contribution in [3.05, 3.63) is 76.2 Å². The molecule has 132 valence electrons. The topological polar surface area (TPSA) is 93.5 Å². The van der Waals surface area contributed by atoms with Gasteiger partial charge < -0.3 is 15.2 Å². The highest BCUT2D eigenvalue weighted by Crippen LogP contribution is 2.18. The molecule has 3 rings (SSSR count). The molecule has 0 radical (unpaired) electrons. The first-order valence-corrected chi connectivity index (χ1v) is 7.84. The molecule has 7 nitrogen and oxygen atoms in total. The summed E-state index contributed by atoms with van der Waals surface area (Å²) in [5.74, 6) is -0.462. The maximum Gasteiger partial charge on any atom is 0.279 e. The van der Waals surface area contributed by atoms with Crippen molar-refractivity contribution in [2.24, 2.45) is 0 Å². The highest BCUT2D eigenvalue weighted by molar-refractivity contribution is 6.04. The van der Waals surface area contributed by atoms with E-state index in [1.165, 1.54) is 0 Å². The Morgan fingerprint density at radius 3 is 2.54 bits per heavy atom. The summed E-state index contributed by atoms with van der Waals surface area (Å²) in [4.78, 5) is 24.6. The summed E-state index contributed by atoms with van der Waals surface area (Å²) < 4.78 is 6.14. The fourth-order valence-corrected chi connectivity index (χ4v) is 2.42. The molecule has 1 heterocycles. The molecule has 7 heteroatoms. The SMILES string of the molecule is COc1ccc(NC(=O)c2nn(-c3cccc(C)c3)c(=O)cc2O)cc1. The average molecular weight is 351 g/mol. The summed E-state index contributed by atoms with van der Waals surface area (Å²) in [6.07, 6.45) is 0. The van der Waals surface area contributed by atoms with Gasteiger partial charge in [-0.3, -0.25) is 9.59 Å². The lowest BCUT2D eigenvalue weighted by molar-refractivity contribution is 0.101. The van der Waals surface area contributed by atoms with Crippen molar-refractivity contribution in [1.82, 2.24) is 9.78 Å². The summed E-state index contributed by atoms with van der Waals surface area (Å²) in [5.41, 5.74) is 1.17. The zero-order valence-corrected chi connectivity index (χ0v) is 14.3. The molecule has 0 saturated carbocycles. The lowest BCUT2D eigenvalue weighted by atomic mass is 10.2. The number of aryl methyl sites for hydroxylation is 1. The monoisotopic (exact) mass is 351 g/mol. The third kappa shape index (κ3) is 3.56. The first-order valence-electron chi connectivity index (χ1n) is 7.84. The Morgan fingerprint density at radius 2 is 1.88 bits per heavy atom. The summed E-state index contributed by atoms with van der Waals surface area (Å²) in [7, 11) is 1.55. The molecular weight excluding hydrogens is 334 g/mol. The highest BCUT2D eigenvalue weighted by atomic mass is 16.5. The Morgan fingerprint density at radius 1 is 1.15 bits per heavy atom. The molecule has 0 aliphatic carbocycles. The fraction of sp³-hybridized carbons (Fsp3) is 0.105. The molecule has 0 bridgehead atoms. The Bertz CT molecular complexity index is 1010. The third-order valence-corrected chi connectivity index (χ3v) is 3.72. The minimum atomic E-state index is -0.630. The molecule has 0 atom stereocenters. The second-order valence-electron chi connectivity index (χ2n) is 5.65. The first-order chi connectivity index (χ1) is 12.5. The van der Waals surface area contributed by atoms with E-state index in [0.29, 0.717) is 17.1 Å². The van der Waals surface area contributed by atoms with Crippen LogP contribution in [0.2, 0.25) is 0 Å². The molecule has 2 aromatic carbocycles. The Hall–Kier alpha value is -3.61. The number of aromatic hydroxyl groups is 1. The number of nitrogens with zero attached hydrogens (tertiary/aromatic N) is 2. The van der Waals surface area contributed by atoms with Crippen molar-refractivity contribution in [3.8, 4) is 17.2 Å². The van der Waals surface area contributed by atoms with Crippen LogP contribution in [0.15, 0.2) is 59.4 Å². The molecule has 0 unspecified atom stereocenters. The van der Waals surface area contributed by atoms with E-state index < -0.39 is 17.2 Å². The van der Waals surface area contributed by atoms with Crippen molar-refractivity contribution in [1.29, 1.82) is 0 Å². The van der Waals surface area contributed by atoms with Gasteiger partial charge in [0.05, 0.1) is 12.8 Å². The van der Waals surface area contributed by atoms with Crippen molar-refractivity contribution in [2.45, 2.75) is 6.92 Å². The van der Waals surface area contributed by atoms with E-state index in [1.54, 1.807) is 49.6 Å². The number of carbonyl (C=O) groups is 1. The molecule has 1 aromatic heterocycles. The van der Waals surface area contributed by atoms with Gasteiger partial charge in [-0.1, -0.05) is 12.1 Å². The summed E-state index contributed by atoms with van der Waals surface area (Å²) in [5, 5.41) is 16.6. The van der Waals surface area contributed by atoms with Crippen LogP contribution in [0.4, 0.5) is 5.69 Å². The lowest BCUT2D eigenvalue weighted by Crippen LogP contribution is -2.25. The van der Waals surface area contributed by atoms with Crippen LogP contribution in [0.1, 0.15) is 16.1 Å². The Kier molecular flexibility index (Phi) is 4.70. The van der Waals surface area contributed by atoms with Gasteiger partial charge in [-0.25, -0.2) is 0 Å². The van der Waals surface area contributed by atoms with Gasteiger partial charge in [-0.15, -0.1) is 0 Å². The summed E-state index contributed by atoms with van der Waals surface area (Å²) >= 11 is 0. The van der Waals surface area contributed by atoms with Gasteiger partial charge in [0.1, 0.15) is 5.75 Å². The molecule has 0 spiro atoms. The average Bonchev–Trinajstić information content (AvgIpc) is 2.62. The second kappa shape index (κ2) is 7.10. The van der Waals surface area contributed by atoms with Crippen LogP contribution < -0.4 is 15.6 Å². The number of ether oxygens (including phenoxy) is 1. The second-order valence-corrected chi connectivity index (χ2v) is 5.65. The van der Waals surface area contributed by atoms with Crippen molar-refractivity contribution in [2.75, 3.05) is 12.4 Å². The lowest BCUT2D eigenvalue weighted by Gasteiger charge is -2.10. The van der Waals surface area contributed by atoms with Crippen LogP contribution in [0.25, 0.3) is 5.69 Å². The van der Waals surface area contributed by atoms with Crippen molar-refractivity contribution < 1.29 is 14.6 Å². The molecular formula is C19H17N3O4. The third-order valence-electron chi connectivity index (χ3n) is 3.72. The van der Waals surface area contributed by atoms with E-state index in [9.17, 15) is 14.7 Å². The number of hydrogen-bond acceptors (Lipinski definition) is 5. The predicted octanol–water partition coefficient (Wildman–Crippen LogP) is 2.51. The van der Waals surface area contributed by atoms with Crippen LogP contribution in [0, 0.1) is 6.92 Å². The van der Waals surface area contributed by atoms with Gasteiger partial charge in [-0.05, 0) is 48.9 Å². The maximum absolute atomic E-state index is 12.5. The summed E-state index contributed by atoms with van der Waals surface area (Å²) in [6, 6.07) is 14.8.